The van der Waals surface area contributed by atoms with E-state index in [1.807, 2.05) is 0 Å². The van der Waals surface area contributed by atoms with Crippen LogP contribution in [0.4, 0.5) is 0 Å². The molecule has 2 heteroatoms. The molecule has 0 saturated carbocycles. The Bertz CT molecular complexity index is 588. The van der Waals surface area contributed by atoms with E-state index in [0.29, 0.717) is 16.9 Å². The molecule has 0 aliphatic carbocycles. The molecule has 28 heavy (non-hydrogen) atoms. The van der Waals surface area contributed by atoms with E-state index < -0.39 is 7.92 Å². The molecule has 0 spiro atoms. The van der Waals surface area contributed by atoms with Gasteiger partial charge in [-0.05, 0) is 76.3 Å². The molecule has 0 amide bonds. The van der Waals surface area contributed by atoms with Crippen molar-refractivity contribution in [3.63, 3.8) is 0 Å². The normalized spacial score (nSPS) is 14.1. The van der Waals surface area contributed by atoms with Crippen LogP contribution in [0.25, 0.3) is 0 Å². The van der Waals surface area contributed by atoms with Crippen LogP contribution in [0.5, 0.6) is 0 Å². The number of rotatable bonds is 12. The number of carbonyl (C=O) groups excluding carboxylic acids is 1. The maximum atomic E-state index is 13.6. The number of hydrogen-bond donors (Lipinski definition) is 0. The maximum Gasteiger partial charge on any atom is 0.184 e. The Balaban J connectivity index is 2.88. The molecule has 0 N–H and O–H groups in total. The Morgan fingerprint density at radius 1 is 0.964 bits per heavy atom. The summed E-state index contributed by atoms with van der Waals surface area (Å²) in [6.07, 6.45) is 11.2. The number of benzene rings is 1. The number of hydrogen-bond acceptors (Lipinski definition) is 1. The van der Waals surface area contributed by atoms with E-state index in [-0.39, 0.29) is 0 Å². The number of unbranched alkanes of at least 4 members (excludes halogenated alkanes) is 5. The Morgan fingerprint density at radius 2 is 1.50 bits per heavy atom. The quantitative estimate of drug-likeness (QED) is 0.251. The second-order valence-corrected chi connectivity index (χ2v) is 12.5. The zero-order chi connectivity index (χ0) is 21.3. The fourth-order valence-electron chi connectivity index (χ4n) is 4.52. The summed E-state index contributed by atoms with van der Waals surface area (Å²) in [5.74, 6) is 0.612. The summed E-state index contributed by atoms with van der Waals surface area (Å²) in [4.78, 5) is 13.6. The highest BCUT2D eigenvalue weighted by molar-refractivity contribution is 7.75. The van der Waals surface area contributed by atoms with Gasteiger partial charge in [-0.3, -0.25) is 4.79 Å². The first kappa shape index (κ1) is 25.4. The number of carbonyl (C=O) groups is 1. The van der Waals surface area contributed by atoms with Crippen molar-refractivity contribution in [3.8, 4) is 0 Å². The van der Waals surface area contributed by atoms with Crippen molar-refractivity contribution in [1.82, 2.24) is 0 Å². The zero-order valence-electron chi connectivity index (χ0n) is 20.0. The summed E-state index contributed by atoms with van der Waals surface area (Å²) in [6.45, 7) is 17.9. The molecule has 0 bridgehead atoms. The van der Waals surface area contributed by atoms with E-state index in [2.05, 4.69) is 67.5 Å². The third-order valence-electron chi connectivity index (χ3n) is 5.45. The number of aryl methyl sites for hydroxylation is 3. The molecular formula is C26H45OP. The van der Waals surface area contributed by atoms with Crippen molar-refractivity contribution in [1.29, 1.82) is 0 Å². The Labute approximate surface area is 176 Å². The monoisotopic (exact) mass is 404 g/mol. The summed E-state index contributed by atoms with van der Waals surface area (Å²) >= 11 is 0. The molecule has 0 heterocycles. The second-order valence-electron chi connectivity index (χ2n) is 10.2. The summed E-state index contributed by atoms with van der Waals surface area (Å²) in [7, 11) is -0.596. The minimum absolute atomic E-state index is 0.333. The lowest BCUT2D eigenvalue weighted by atomic mass is 9.86. The smallest absolute Gasteiger partial charge is 0.184 e. The zero-order valence-corrected chi connectivity index (χ0v) is 20.8. The van der Waals surface area contributed by atoms with Crippen molar-refractivity contribution in [3.05, 3.63) is 34.4 Å². The van der Waals surface area contributed by atoms with Crippen LogP contribution in [0.15, 0.2) is 12.1 Å². The molecule has 1 aromatic carbocycles. The van der Waals surface area contributed by atoms with E-state index in [4.69, 9.17) is 0 Å². The summed E-state index contributed by atoms with van der Waals surface area (Å²) in [5, 5.41) is 0. The lowest BCUT2D eigenvalue weighted by molar-refractivity contribution is 0.108. The van der Waals surface area contributed by atoms with E-state index in [1.54, 1.807) is 0 Å². The Morgan fingerprint density at radius 3 is 2.04 bits per heavy atom. The third kappa shape index (κ3) is 9.21. The molecule has 1 aromatic rings. The first-order valence-electron chi connectivity index (χ1n) is 11.4. The van der Waals surface area contributed by atoms with Crippen LogP contribution in [0.3, 0.4) is 0 Å². The van der Waals surface area contributed by atoms with Crippen LogP contribution < -0.4 is 0 Å². The SMILES string of the molecule is CCCCCCCCP(CC(C)CC(C)(C)C)C(=O)c1c(C)cc(C)cc1C. The van der Waals surface area contributed by atoms with Gasteiger partial charge in [-0.25, -0.2) is 0 Å². The molecule has 0 saturated heterocycles. The first-order valence-corrected chi connectivity index (χ1v) is 13.1. The highest BCUT2D eigenvalue weighted by Gasteiger charge is 2.26. The maximum absolute atomic E-state index is 13.6. The van der Waals surface area contributed by atoms with Crippen LogP contribution in [0.1, 0.15) is 107 Å². The van der Waals surface area contributed by atoms with Crippen LogP contribution in [-0.4, -0.2) is 17.8 Å². The third-order valence-corrected chi connectivity index (χ3v) is 8.17. The van der Waals surface area contributed by atoms with Crippen LogP contribution >= 0.6 is 7.92 Å². The van der Waals surface area contributed by atoms with Crippen LogP contribution in [0.2, 0.25) is 0 Å². The molecule has 0 aliphatic heterocycles. The minimum Gasteiger partial charge on any atom is -0.289 e. The van der Waals surface area contributed by atoms with Gasteiger partial charge in [0.15, 0.2) is 5.52 Å². The van der Waals surface area contributed by atoms with E-state index in [0.717, 1.165) is 17.9 Å². The van der Waals surface area contributed by atoms with Gasteiger partial charge in [0, 0.05) is 5.56 Å². The van der Waals surface area contributed by atoms with Gasteiger partial charge in [-0.15, -0.1) is 0 Å². The molecule has 160 valence electrons. The van der Waals surface area contributed by atoms with Gasteiger partial charge in [0.25, 0.3) is 0 Å². The molecule has 0 fully saturated rings. The van der Waals surface area contributed by atoms with Gasteiger partial charge >= 0.3 is 0 Å². The summed E-state index contributed by atoms with van der Waals surface area (Å²) in [5.41, 5.74) is 5.40. The van der Waals surface area contributed by atoms with E-state index in [1.165, 1.54) is 61.6 Å². The van der Waals surface area contributed by atoms with Crippen molar-refractivity contribution in [2.24, 2.45) is 11.3 Å². The van der Waals surface area contributed by atoms with Crippen molar-refractivity contribution >= 4 is 13.4 Å². The van der Waals surface area contributed by atoms with Gasteiger partial charge in [0.05, 0.1) is 0 Å². The predicted molar refractivity (Wildman–Crippen MR) is 128 cm³/mol. The topological polar surface area (TPSA) is 17.1 Å². The van der Waals surface area contributed by atoms with Gasteiger partial charge in [-0.2, -0.15) is 0 Å². The Hall–Kier alpha value is -0.680. The summed E-state index contributed by atoms with van der Waals surface area (Å²) in [6, 6.07) is 4.36. The Kier molecular flexibility index (Phi) is 11.0. The standard InChI is InChI=1S/C26H45OP/c1-9-10-11-12-13-14-15-28(19-21(3)18-26(6,7)8)25(27)24-22(4)16-20(2)17-23(24)5/h16-17,21H,9-15,18-19H2,1-8H3. The van der Waals surface area contributed by atoms with Gasteiger partial charge < -0.3 is 0 Å². The molecule has 0 aliphatic rings. The first-order chi connectivity index (χ1) is 13.0. The minimum atomic E-state index is -0.596. The molecule has 1 nitrogen and oxygen atoms in total. The molecular weight excluding hydrogens is 359 g/mol. The largest absolute Gasteiger partial charge is 0.289 e. The van der Waals surface area contributed by atoms with Gasteiger partial charge in [0.1, 0.15) is 0 Å². The van der Waals surface area contributed by atoms with E-state index >= 15 is 0 Å². The van der Waals surface area contributed by atoms with E-state index in [9.17, 15) is 4.79 Å². The van der Waals surface area contributed by atoms with Gasteiger partial charge in [0.2, 0.25) is 0 Å². The highest BCUT2D eigenvalue weighted by atomic mass is 31.1. The lowest BCUT2D eigenvalue weighted by Crippen LogP contribution is -2.16. The molecule has 2 atom stereocenters. The fourth-order valence-corrected chi connectivity index (χ4v) is 7.23. The molecule has 1 rings (SSSR count). The van der Waals surface area contributed by atoms with Crippen molar-refractivity contribution < 1.29 is 4.79 Å². The fraction of sp³-hybridized carbons (Fsp3) is 0.731. The molecule has 0 radical (unpaired) electrons. The summed E-state index contributed by atoms with van der Waals surface area (Å²) < 4.78 is 0. The van der Waals surface area contributed by atoms with Crippen LogP contribution in [-0.2, 0) is 0 Å². The van der Waals surface area contributed by atoms with Crippen molar-refractivity contribution in [2.45, 2.75) is 100 Å². The molecule has 2 unspecified atom stereocenters. The molecule has 0 aromatic heterocycles. The van der Waals surface area contributed by atoms with Crippen LogP contribution in [0, 0.1) is 32.1 Å². The predicted octanol–water partition coefficient (Wildman–Crippen LogP) is 8.67. The van der Waals surface area contributed by atoms with Crippen molar-refractivity contribution in [2.75, 3.05) is 12.3 Å². The highest BCUT2D eigenvalue weighted by Crippen LogP contribution is 2.45. The average molecular weight is 405 g/mol. The second kappa shape index (κ2) is 12.1. The average Bonchev–Trinajstić information content (AvgIpc) is 2.54. The van der Waals surface area contributed by atoms with Gasteiger partial charge in [-0.1, -0.05) is 84.4 Å². The lowest BCUT2D eigenvalue weighted by Gasteiger charge is -2.27.